The molecular weight excluding hydrogens is 368 g/mol. The van der Waals surface area contributed by atoms with Gasteiger partial charge in [-0.1, -0.05) is 29.8 Å². The second-order valence-electron chi connectivity index (χ2n) is 7.30. The van der Waals surface area contributed by atoms with Crippen LogP contribution in [0.3, 0.4) is 0 Å². The minimum absolute atomic E-state index is 0.00282. The second-order valence-corrected chi connectivity index (χ2v) is 7.30. The maximum atomic E-state index is 12.9. The number of carbonyl (C=O) groups is 1. The number of aryl methyl sites for hydroxylation is 1. The summed E-state index contributed by atoms with van der Waals surface area (Å²) < 4.78 is 11.3. The zero-order valence-electron chi connectivity index (χ0n) is 17.2. The van der Waals surface area contributed by atoms with E-state index in [-0.39, 0.29) is 12.5 Å². The molecule has 6 nitrogen and oxygen atoms in total. The lowest BCUT2D eigenvalue weighted by molar-refractivity contribution is 0.0402. The number of aliphatic hydroxyl groups excluding tert-OH is 1. The summed E-state index contributed by atoms with van der Waals surface area (Å²) in [7, 11) is 0. The van der Waals surface area contributed by atoms with E-state index in [2.05, 4.69) is 4.90 Å². The molecule has 0 spiro atoms. The van der Waals surface area contributed by atoms with Gasteiger partial charge in [0.25, 0.3) is 5.91 Å². The molecule has 2 aromatic rings. The molecule has 0 bridgehead atoms. The Labute approximate surface area is 172 Å². The number of β-amino-alcohol motifs (C(OH)–C–C–N with tert-alkyl or cyclic N) is 1. The third-order valence-corrected chi connectivity index (χ3v) is 5.01. The molecule has 29 heavy (non-hydrogen) atoms. The van der Waals surface area contributed by atoms with Gasteiger partial charge in [-0.05, 0) is 38.1 Å². The van der Waals surface area contributed by atoms with Gasteiger partial charge in [-0.2, -0.15) is 0 Å². The van der Waals surface area contributed by atoms with Crippen LogP contribution in [0.5, 0.6) is 11.5 Å². The molecule has 0 radical (unpaired) electrons. The molecule has 1 heterocycles. The summed E-state index contributed by atoms with van der Waals surface area (Å²) in [5, 5.41) is 10.3. The van der Waals surface area contributed by atoms with E-state index in [0.717, 1.165) is 18.8 Å². The Kier molecular flexibility index (Phi) is 7.49. The van der Waals surface area contributed by atoms with Gasteiger partial charge in [0.15, 0.2) is 0 Å². The Morgan fingerprint density at radius 2 is 1.72 bits per heavy atom. The SMILES string of the molecule is CCOc1ccccc1C(=O)N1CCN(CC(O)COc2ccc(C)cc2)CC1. The lowest BCUT2D eigenvalue weighted by Gasteiger charge is -2.35. The van der Waals surface area contributed by atoms with Gasteiger partial charge in [-0.25, -0.2) is 0 Å². The van der Waals surface area contributed by atoms with Gasteiger partial charge in [-0.15, -0.1) is 0 Å². The number of ether oxygens (including phenoxy) is 2. The zero-order valence-corrected chi connectivity index (χ0v) is 17.2. The maximum absolute atomic E-state index is 12.9. The first-order valence-corrected chi connectivity index (χ1v) is 10.2. The number of nitrogens with zero attached hydrogens (tertiary/aromatic N) is 2. The third-order valence-electron chi connectivity index (χ3n) is 5.01. The molecule has 0 saturated carbocycles. The Morgan fingerprint density at radius 1 is 1.03 bits per heavy atom. The van der Waals surface area contributed by atoms with Crippen LogP contribution in [0.15, 0.2) is 48.5 Å². The summed E-state index contributed by atoms with van der Waals surface area (Å²) in [5.41, 5.74) is 1.78. The Morgan fingerprint density at radius 3 is 2.41 bits per heavy atom. The standard InChI is InChI=1S/C23H30N2O4/c1-3-28-22-7-5-4-6-21(22)23(27)25-14-12-24(13-15-25)16-19(26)17-29-20-10-8-18(2)9-11-20/h4-11,19,26H,3,12-17H2,1-2H3. The van der Waals surface area contributed by atoms with Gasteiger partial charge in [0.2, 0.25) is 0 Å². The molecule has 0 aromatic heterocycles. The Hall–Kier alpha value is -2.57. The van der Waals surface area contributed by atoms with Crippen LogP contribution in [-0.2, 0) is 0 Å². The molecule has 0 aliphatic carbocycles. The number of aliphatic hydroxyl groups is 1. The van der Waals surface area contributed by atoms with Crippen LogP contribution < -0.4 is 9.47 Å². The lowest BCUT2D eigenvalue weighted by Crippen LogP contribution is -2.51. The summed E-state index contributed by atoms with van der Waals surface area (Å²) in [6, 6.07) is 15.2. The first kappa shape index (κ1) is 21.1. The number of para-hydroxylation sites is 1. The van der Waals surface area contributed by atoms with Gasteiger partial charge in [0.1, 0.15) is 24.2 Å². The van der Waals surface area contributed by atoms with E-state index in [4.69, 9.17) is 9.47 Å². The maximum Gasteiger partial charge on any atom is 0.257 e. The van der Waals surface area contributed by atoms with E-state index >= 15 is 0 Å². The monoisotopic (exact) mass is 398 g/mol. The third kappa shape index (κ3) is 5.95. The van der Waals surface area contributed by atoms with Crippen molar-refractivity contribution in [2.75, 3.05) is 45.9 Å². The first-order chi connectivity index (χ1) is 14.1. The van der Waals surface area contributed by atoms with Crippen molar-refractivity contribution < 1.29 is 19.4 Å². The van der Waals surface area contributed by atoms with Gasteiger partial charge in [0.05, 0.1) is 12.2 Å². The van der Waals surface area contributed by atoms with Gasteiger partial charge in [-0.3, -0.25) is 9.69 Å². The molecule has 1 atom stereocenters. The Balaban J connectivity index is 1.45. The van der Waals surface area contributed by atoms with Crippen molar-refractivity contribution in [2.45, 2.75) is 20.0 Å². The number of benzene rings is 2. The van der Waals surface area contributed by atoms with E-state index in [9.17, 15) is 9.90 Å². The molecule has 1 fully saturated rings. The number of carbonyl (C=O) groups excluding carboxylic acids is 1. The van der Waals surface area contributed by atoms with Crippen molar-refractivity contribution in [3.05, 3.63) is 59.7 Å². The van der Waals surface area contributed by atoms with E-state index in [1.807, 2.05) is 67.3 Å². The second kappa shape index (κ2) is 10.3. The summed E-state index contributed by atoms with van der Waals surface area (Å²) >= 11 is 0. The molecule has 3 rings (SSSR count). The van der Waals surface area contributed by atoms with Crippen LogP contribution in [-0.4, -0.2) is 72.9 Å². The van der Waals surface area contributed by atoms with Crippen LogP contribution in [0.2, 0.25) is 0 Å². The molecule has 1 aliphatic heterocycles. The van der Waals surface area contributed by atoms with Crippen LogP contribution in [0, 0.1) is 6.92 Å². The number of amides is 1. The van der Waals surface area contributed by atoms with E-state index in [0.29, 0.717) is 37.6 Å². The summed E-state index contributed by atoms with van der Waals surface area (Å²) in [6.07, 6.45) is -0.572. The van der Waals surface area contributed by atoms with E-state index in [1.54, 1.807) is 0 Å². The van der Waals surface area contributed by atoms with Gasteiger partial charge < -0.3 is 19.5 Å². The molecule has 2 aromatic carbocycles. The Bertz CT molecular complexity index is 786. The highest BCUT2D eigenvalue weighted by Crippen LogP contribution is 2.21. The molecule has 1 N–H and O–H groups in total. The fourth-order valence-corrected chi connectivity index (χ4v) is 3.41. The lowest BCUT2D eigenvalue weighted by atomic mass is 10.1. The van der Waals surface area contributed by atoms with Crippen molar-refractivity contribution in [3.8, 4) is 11.5 Å². The molecule has 1 unspecified atom stereocenters. The number of hydrogen-bond donors (Lipinski definition) is 1. The van der Waals surface area contributed by atoms with Crippen molar-refractivity contribution in [1.29, 1.82) is 0 Å². The number of hydrogen-bond acceptors (Lipinski definition) is 5. The highest BCUT2D eigenvalue weighted by Gasteiger charge is 2.25. The summed E-state index contributed by atoms with van der Waals surface area (Å²) in [5.74, 6) is 1.39. The molecular formula is C23H30N2O4. The predicted octanol–water partition coefficient (Wildman–Crippen LogP) is 2.59. The fraction of sp³-hybridized carbons (Fsp3) is 0.435. The molecule has 156 valence electrons. The zero-order chi connectivity index (χ0) is 20.6. The average molecular weight is 399 g/mol. The average Bonchev–Trinajstić information content (AvgIpc) is 2.74. The van der Waals surface area contributed by atoms with Crippen molar-refractivity contribution in [2.24, 2.45) is 0 Å². The van der Waals surface area contributed by atoms with Crippen molar-refractivity contribution >= 4 is 5.91 Å². The molecule has 1 amide bonds. The molecule has 1 saturated heterocycles. The minimum Gasteiger partial charge on any atom is -0.493 e. The van der Waals surface area contributed by atoms with Gasteiger partial charge in [0, 0.05) is 32.7 Å². The van der Waals surface area contributed by atoms with Crippen LogP contribution in [0.4, 0.5) is 0 Å². The highest BCUT2D eigenvalue weighted by atomic mass is 16.5. The quantitative estimate of drug-likeness (QED) is 0.741. The topological polar surface area (TPSA) is 62.2 Å². The largest absolute Gasteiger partial charge is 0.493 e. The van der Waals surface area contributed by atoms with Crippen LogP contribution in [0.25, 0.3) is 0 Å². The molecule has 1 aliphatic rings. The first-order valence-electron chi connectivity index (χ1n) is 10.2. The summed E-state index contributed by atoms with van der Waals surface area (Å²) in [6.45, 7) is 7.96. The molecule has 6 heteroatoms. The van der Waals surface area contributed by atoms with E-state index < -0.39 is 6.10 Å². The number of rotatable bonds is 8. The van der Waals surface area contributed by atoms with Gasteiger partial charge >= 0.3 is 0 Å². The normalized spacial score (nSPS) is 15.8. The van der Waals surface area contributed by atoms with Crippen molar-refractivity contribution in [1.82, 2.24) is 9.80 Å². The van der Waals surface area contributed by atoms with Crippen molar-refractivity contribution in [3.63, 3.8) is 0 Å². The number of piperazine rings is 1. The fourth-order valence-electron chi connectivity index (χ4n) is 3.41. The van der Waals surface area contributed by atoms with Crippen LogP contribution >= 0.6 is 0 Å². The van der Waals surface area contributed by atoms with E-state index in [1.165, 1.54) is 5.56 Å². The predicted molar refractivity (Wildman–Crippen MR) is 113 cm³/mol. The highest BCUT2D eigenvalue weighted by molar-refractivity contribution is 5.97. The summed E-state index contributed by atoms with van der Waals surface area (Å²) in [4.78, 5) is 16.9. The minimum atomic E-state index is -0.572. The van der Waals surface area contributed by atoms with Crippen LogP contribution in [0.1, 0.15) is 22.8 Å². The smallest absolute Gasteiger partial charge is 0.257 e.